The van der Waals surface area contributed by atoms with Crippen LogP contribution in [0, 0.1) is 4.77 Å². The Balaban J connectivity index is 2.44. The molecule has 0 aliphatic carbocycles. The van der Waals surface area contributed by atoms with Gasteiger partial charge < -0.3 is 4.74 Å². The van der Waals surface area contributed by atoms with Gasteiger partial charge in [-0.15, -0.1) is 0 Å². The number of nitrogens with zero attached hydrogens (tertiary/aromatic N) is 2. The van der Waals surface area contributed by atoms with Gasteiger partial charge in [0.05, 0.1) is 18.7 Å². The molecule has 0 saturated heterocycles. The van der Waals surface area contributed by atoms with Crippen LogP contribution in [0.15, 0.2) is 24.3 Å². The molecule has 0 bridgehead atoms. The first kappa shape index (κ1) is 14.7. The van der Waals surface area contributed by atoms with Crippen LogP contribution in [0.4, 0.5) is 13.2 Å². The number of rotatable bonds is 4. The Morgan fingerprint density at radius 3 is 2.80 bits per heavy atom. The third-order valence-electron chi connectivity index (χ3n) is 2.73. The van der Waals surface area contributed by atoms with Crippen molar-refractivity contribution in [3.8, 4) is 11.4 Å². The zero-order valence-corrected chi connectivity index (χ0v) is 11.4. The number of alkyl halides is 3. The Morgan fingerprint density at radius 1 is 1.40 bits per heavy atom. The van der Waals surface area contributed by atoms with Crippen molar-refractivity contribution in [3.05, 3.63) is 34.6 Å². The molecule has 4 nitrogen and oxygen atoms in total. The number of aromatic amines is 1. The molecular weight excluding hydrogens is 291 g/mol. The van der Waals surface area contributed by atoms with E-state index < -0.39 is 11.7 Å². The number of methoxy groups -OCH3 is 1. The van der Waals surface area contributed by atoms with Gasteiger partial charge in [-0.05, 0) is 24.4 Å². The highest BCUT2D eigenvalue weighted by atomic mass is 32.1. The zero-order chi connectivity index (χ0) is 14.8. The van der Waals surface area contributed by atoms with Crippen molar-refractivity contribution < 1.29 is 17.9 Å². The quantitative estimate of drug-likeness (QED) is 0.882. The molecule has 1 heterocycles. The largest absolute Gasteiger partial charge is 0.416 e. The van der Waals surface area contributed by atoms with Crippen LogP contribution in [-0.4, -0.2) is 28.5 Å². The molecule has 0 radical (unpaired) electrons. The molecule has 8 heteroatoms. The lowest BCUT2D eigenvalue weighted by molar-refractivity contribution is -0.137. The van der Waals surface area contributed by atoms with E-state index in [2.05, 4.69) is 10.2 Å². The molecular formula is C12H12F3N3OS. The van der Waals surface area contributed by atoms with Crippen LogP contribution < -0.4 is 0 Å². The van der Waals surface area contributed by atoms with E-state index in [-0.39, 0.29) is 0 Å². The molecule has 0 saturated carbocycles. The molecule has 2 rings (SSSR count). The zero-order valence-electron chi connectivity index (χ0n) is 10.6. The van der Waals surface area contributed by atoms with Crippen molar-refractivity contribution >= 4 is 12.2 Å². The van der Waals surface area contributed by atoms with E-state index in [1.54, 1.807) is 10.6 Å². The normalized spacial score (nSPS) is 11.8. The monoisotopic (exact) mass is 303 g/mol. The maximum atomic E-state index is 12.7. The number of H-pyrrole nitrogens is 1. The highest BCUT2D eigenvalue weighted by Gasteiger charge is 2.30. The summed E-state index contributed by atoms with van der Waals surface area (Å²) >= 11 is 5.06. The van der Waals surface area contributed by atoms with Crippen LogP contribution in [0.1, 0.15) is 5.56 Å². The molecule has 0 atom stereocenters. The van der Waals surface area contributed by atoms with Gasteiger partial charge in [-0.3, -0.25) is 9.67 Å². The van der Waals surface area contributed by atoms with Gasteiger partial charge >= 0.3 is 6.18 Å². The van der Waals surface area contributed by atoms with Gasteiger partial charge in [-0.1, -0.05) is 12.1 Å². The summed E-state index contributed by atoms with van der Waals surface area (Å²) in [6.45, 7) is 0.803. The second kappa shape index (κ2) is 5.76. The Hall–Kier alpha value is -1.67. The molecule has 0 spiro atoms. The first-order valence-corrected chi connectivity index (χ1v) is 6.16. The van der Waals surface area contributed by atoms with Crippen molar-refractivity contribution in [3.63, 3.8) is 0 Å². The van der Waals surface area contributed by atoms with Crippen molar-refractivity contribution in [1.29, 1.82) is 0 Å². The van der Waals surface area contributed by atoms with Crippen LogP contribution in [0.2, 0.25) is 0 Å². The van der Waals surface area contributed by atoms with E-state index in [9.17, 15) is 13.2 Å². The summed E-state index contributed by atoms with van der Waals surface area (Å²) in [5, 5.41) is 6.57. The van der Waals surface area contributed by atoms with Crippen molar-refractivity contribution in [2.75, 3.05) is 13.7 Å². The fourth-order valence-corrected chi connectivity index (χ4v) is 1.99. The van der Waals surface area contributed by atoms with Crippen LogP contribution in [-0.2, 0) is 17.5 Å². The number of hydrogen-bond acceptors (Lipinski definition) is 3. The molecule has 108 valence electrons. The number of ether oxygens (including phenoxy) is 1. The first-order chi connectivity index (χ1) is 9.43. The van der Waals surface area contributed by atoms with Gasteiger partial charge in [-0.2, -0.15) is 18.3 Å². The van der Waals surface area contributed by atoms with Gasteiger partial charge in [0.25, 0.3) is 0 Å². The predicted molar refractivity (Wildman–Crippen MR) is 69.7 cm³/mol. The number of halogens is 3. The third kappa shape index (κ3) is 3.07. The molecule has 1 aromatic carbocycles. The Morgan fingerprint density at radius 2 is 2.15 bits per heavy atom. The second-order valence-corrected chi connectivity index (χ2v) is 4.46. The maximum absolute atomic E-state index is 12.7. The Kier molecular flexibility index (Phi) is 4.24. The molecule has 1 aromatic heterocycles. The smallest absolute Gasteiger partial charge is 0.383 e. The summed E-state index contributed by atoms with van der Waals surface area (Å²) in [5.74, 6) is 0.359. The maximum Gasteiger partial charge on any atom is 0.416 e. The van der Waals surface area contributed by atoms with Crippen molar-refractivity contribution in [1.82, 2.24) is 14.8 Å². The molecule has 20 heavy (non-hydrogen) atoms. The minimum Gasteiger partial charge on any atom is -0.383 e. The molecule has 0 amide bonds. The van der Waals surface area contributed by atoms with Crippen molar-refractivity contribution in [2.24, 2.45) is 0 Å². The number of aromatic nitrogens is 3. The summed E-state index contributed by atoms with van der Waals surface area (Å²) in [5.41, 5.74) is -0.370. The minimum absolute atomic E-state index is 0.342. The average Bonchev–Trinajstić information content (AvgIpc) is 2.77. The lowest BCUT2D eigenvalue weighted by Gasteiger charge is -2.09. The van der Waals surface area contributed by atoms with Crippen LogP contribution in [0.5, 0.6) is 0 Å². The first-order valence-electron chi connectivity index (χ1n) is 5.75. The molecule has 2 aromatic rings. The number of hydrogen-bond donors (Lipinski definition) is 1. The molecule has 0 aliphatic heterocycles. The lowest BCUT2D eigenvalue weighted by atomic mass is 10.1. The topological polar surface area (TPSA) is 42.8 Å². The highest BCUT2D eigenvalue weighted by Crippen LogP contribution is 2.31. The van der Waals surface area contributed by atoms with Gasteiger partial charge in [0, 0.05) is 12.7 Å². The molecule has 0 fully saturated rings. The summed E-state index contributed by atoms with van der Waals surface area (Å²) in [4.78, 5) is 0. The molecule has 1 N–H and O–H groups in total. The van der Waals surface area contributed by atoms with Crippen LogP contribution >= 0.6 is 12.2 Å². The van der Waals surface area contributed by atoms with Gasteiger partial charge in [-0.25, -0.2) is 0 Å². The summed E-state index contributed by atoms with van der Waals surface area (Å²) in [6, 6.07) is 4.97. The van der Waals surface area contributed by atoms with Gasteiger partial charge in [0.1, 0.15) is 0 Å². The van der Waals surface area contributed by atoms with Crippen molar-refractivity contribution in [2.45, 2.75) is 12.7 Å². The average molecular weight is 303 g/mol. The van der Waals surface area contributed by atoms with Crippen LogP contribution in [0.25, 0.3) is 11.4 Å². The minimum atomic E-state index is -4.39. The van der Waals surface area contributed by atoms with E-state index in [1.165, 1.54) is 13.2 Å². The second-order valence-electron chi connectivity index (χ2n) is 4.08. The predicted octanol–water partition coefficient (Wildman–Crippen LogP) is 3.27. The Labute approximate surface area is 118 Å². The summed E-state index contributed by atoms with van der Waals surface area (Å²) in [6.07, 6.45) is -4.39. The summed E-state index contributed by atoms with van der Waals surface area (Å²) < 4.78 is 45.0. The van der Waals surface area contributed by atoms with E-state index >= 15 is 0 Å². The number of nitrogens with one attached hydrogen (secondary N) is 1. The van der Waals surface area contributed by atoms with Crippen LogP contribution in [0.3, 0.4) is 0 Å². The van der Waals surface area contributed by atoms with E-state index in [1.807, 2.05) is 0 Å². The highest BCUT2D eigenvalue weighted by molar-refractivity contribution is 7.71. The Bertz CT molecular complexity index is 648. The van der Waals surface area contributed by atoms with E-state index in [0.29, 0.717) is 29.3 Å². The standard InChI is InChI=1S/C12H12F3N3OS/c1-19-6-5-18-10(16-17-11(18)20)8-3-2-4-9(7-8)12(13,14)15/h2-4,7H,5-6H2,1H3,(H,17,20). The fourth-order valence-electron chi connectivity index (χ4n) is 1.76. The number of benzene rings is 1. The fraction of sp³-hybridized carbons (Fsp3) is 0.333. The SMILES string of the molecule is COCCn1c(-c2cccc(C(F)(F)F)c2)n[nH]c1=S. The molecule has 0 aliphatic rings. The van der Waals surface area contributed by atoms with Gasteiger partial charge in [0.2, 0.25) is 0 Å². The summed E-state index contributed by atoms with van der Waals surface area (Å²) in [7, 11) is 1.54. The van der Waals surface area contributed by atoms with E-state index in [4.69, 9.17) is 17.0 Å². The third-order valence-corrected chi connectivity index (χ3v) is 3.04. The van der Waals surface area contributed by atoms with E-state index in [0.717, 1.165) is 12.1 Å². The van der Waals surface area contributed by atoms with Gasteiger partial charge in [0.15, 0.2) is 10.6 Å². The molecule has 0 unspecified atom stereocenters. The lowest BCUT2D eigenvalue weighted by Crippen LogP contribution is -2.08.